The average Bonchev–Trinajstić information content (AvgIpc) is 2.78. The molecule has 1 amide bonds. The number of rotatable bonds is 5. The van der Waals surface area contributed by atoms with Crippen LogP contribution < -0.4 is 9.47 Å². The van der Waals surface area contributed by atoms with E-state index in [0.717, 1.165) is 36.8 Å². The van der Waals surface area contributed by atoms with Gasteiger partial charge in [0.15, 0.2) is 11.5 Å². The topological polar surface area (TPSA) is 59.0 Å². The minimum atomic E-state index is -0.709. The van der Waals surface area contributed by atoms with E-state index < -0.39 is 5.60 Å². The predicted molar refractivity (Wildman–Crippen MR) is 116 cm³/mol. The lowest BCUT2D eigenvalue weighted by Crippen LogP contribution is -2.56. The number of ether oxygens (including phenoxy) is 2. The molecule has 1 N–H and O–H groups in total. The lowest BCUT2D eigenvalue weighted by Gasteiger charge is -2.52. The van der Waals surface area contributed by atoms with Gasteiger partial charge in [0.2, 0.25) is 5.91 Å². The fourth-order valence-electron chi connectivity index (χ4n) is 5.28. The third kappa shape index (κ3) is 3.91. The van der Waals surface area contributed by atoms with Crippen molar-refractivity contribution in [3.05, 3.63) is 59.7 Å². The van der Waals surface area contributed by atoms with Crippen molar-refractivity contribution in [3.8, 4) is 11.5 Å². The number of methoxy groups -OCH3 is 2. The summed E-state index contributed by atoms with van der Waals surface area (Å²) in [5.41, 5.74) is 1.30. The lowest BCUT2D eigenvalue weighted by atomic mass is 9.66. The Hall–Kier alpha value is -2.53. The van der Waals surface area contributed by atoms with Gasteiger partial charge in [0.05, 0.1) is 32.3 Å². The van der Waals surface area contributed by atoms with Crippen molar-refractivity contribution in [2.75, 3.05) is 20.8 Å². The van der Waals surface area contributed by atoms with E-state index in [1.807, 2.05) is 53.4 Å². The summed E-state index contributed by atoms with van der Waals surface area (Å²) in [6, 6.07) is 15.6. The summed E-state index contributed by atoms with van der Waals surface area (Å²) in [4.78, 5) is 15.4. The van der Waals surface area contributed by atoms with Crippen molar-refractivity contribution >= 4 is 5.91 Å². The van der Waals surface area contributed by atoms with E-state index in [-0.39, 0.29) is 17.9 Å². The molecule has 1 saturated carbocycles. The number of hydrogen-bond acceptors (Lipinski definition) is 4. The van der Waals surface area contributed by atoms with E-state index >= 15 is 0 Å². The van der Waals surface area contributed by atoms with Crippen LogP contribution in [-0.2, 0) is 11.2 Å². The van der Waals surface area contributed by atoms with Gasteiger partial charge in [0.1, 0.15) is 0 Å². The Labute approximate surface area is 178 Å². The van der Waals surface area contributed by atoms with Crippen LogP contribution in [0.2, 0.25) is 0 Å². The molecule has 160 valence electrons. The van der Waals surface area contributed by atoms with E-state index in [0.29, 0.717) is 30.9 Å². The van der Waals surface area contributed by atoms with Gasteiger partial charge in [0, 0.05) is 12.5 Å². The molecule has 4 rings (SSSR count). The molecule has 0 bridgehead atoms. The lowest BCUT2D eigenvalue weighted by molar-refractivity contribution is -0.154. The summed E-state index contributed by atoms with van der Waals surface area (Å²) in [5, 5.41) is 11.4. The Balaban J connectivity index is 1.70. The molecular formula is C25H31NO4. The average molecular weight is 410 g/mol. The quantitative estimate of drug-likeness (QED) is 0.806. The van der Waals surface area contributed by atoms with Crippen molar-refractivity contribution in [1.82, 2.24) is 4.90 Å². The van der Waals surface area contributed by atoms with Crippen LogP contribution in [0.5, 0.6) is 11.5 Å². The first-order valence-corrected chi connectivity index (χ1v) is 10.8. The van der Waals surface area contributed by atoms with Crippen LogP contribution in [0.15, 0.2) is 48.5 Å². The number of carbonyl (C=O) groups excluding carboxylic acids is 1. The number of aliphatic hydroxyl groups is 1. The molecule has 2 aromatic rings. The summed E-state index contributed by atoms with van der Waals surface area (Å²) in [5.74, 6) is 1.44. The van der Waals surface area contributed by atoms with Gasteiger partial charge in [0.25, 0.3) is 0 Å². The Morgan fingerprint density at radius 1 is 1.07 bits per heavy atom. The molecule has 1 heterocycles. The second-order valence-electron chi connectivity index (χ2n) is 8.51. The molecule has 2 fully saturated rings. The van der Waals surface area contributed by atoms with Gasteiger partial charge in [-0.1, -0.05) is 49.2 Å². The summed E-state index contributed by atoms with van der Waals surface area (Å²) in [6.45, 7) is 0.567. The van der Waals surface area contributed by atoms with Crippen LogP contribution >= 0.6 is 0 Å². The number of carbonyl (C=O) groups is 1. The molecule has 0 unspecified atom stereocenters. The van der Waals surface area contributed by atoms with Crippen LogP contribution in [0.4, 0.5) is 0 Å². The van der Waals surface area contributed by atoms with Crippen LogP contribution in [0.1, 0.15) is 49.3 Å². The molecule has 0 aromatic heterocycles. The zero-order valence-electron chi connectivity index (χ0n) is 17.8. The third-order valence-corrected chi connectivity index (χ3v) is 6.84. The van der Waals surface area contributed by atoms with Crippen molar-refractivity contribution in [1.29, 1.82) is 0 Å². The van der Waals surface area contributed by atoms with Crippen LogP contribution in [0, 0.1) is 5.92 Å². The highest BCUT2D eigenvalue weighted by Crippen LogP contribution is 2.50. The summed E-state index contributed by atoms with van der Waals surface area (Å²) in [6.07, 6.45) is 4.87. The molecule has 1 aliphatic heterocycles. The number of fused-ring (bicyclic) bond motifs is 1. The molecule has 2 aliphatic rings. The second-order valence-corrected chi connectivity index (χ2v) is 8.51. The largest absolute Gasteiger partial charge is 0.493 e. The fraction of sp³-hybridized carbons (Fsp3) is 0.480. The van der Waals surface area contributed by atoms with Gasteiger partial charge in [-0.2, -0.15) is 0 Å². The van der Waals surface area contributed by atoms with E-state index in [4.69, 9.17) is 9.47 Å². The molecule has 2 aromatic carbocycles. The number of piperidine rings is 1. The molecular weight excluding hydrogens is 378 g/mol. The second kappa shape index (κ2) is 8.68. The summed E-state index contributed by atoms with van der Waals surface area (Å²) in [7, 11) is 3.24. The standard InChI is InChI=1S/C25H31NO4/c1-29-21-12-11-19(17-22(21)30-2)24-20-10-6-7-13-25(20,28)14-15-26(24)23(27)16-18-8-4-3-5-9-18/h3-5,8-9,11-12,17,20,24,28H,6-7,10,13-16H2,1-2H3/t20-,24-,25+/m0/s1. The maximum atomic E-state index is 13.4. The van der Waals surface area contributed by atoms with Crippen molar-refractivity contribution in [2.24, 2.45) is 5.92 Å². The van der Waals surface area contributed by atoms with E-state index in [2.05, 4.69) is 0 Å². The Morgan fingerprint density at radius 2 is 1.83 bits per heavy atom. The first-order chi connectivity index (χ1) is 14.6. The number of benzene rings is 2. The van der Waals surface area contributed by atoms with Gasteiger partial charge in [-0.25, -0.2) is 0 Å². The van der Waals surface area contributed by atoms with E-state index in [1.54, 1.807) is 14.2 Å². The van der Waals surface area contributed by atoms with E-state index in [1.165, 1.54) is 0 Å². The van der Waals surface area contributed by atoms with E-state index in [9.17, 15) is 9.90 Å². The Kier molecular flexibility index (Phi) is 6.00. The van der Waals surface area contributed by atoms with Crippen LogP contribution in [0.25, 0.3) is 0 Å². The van der Waals surface area contributed by atoms with Crippen molar-refractivity contribution in [2.45, 2.75) is 50.2 Å². The molecule has 3 atom stereocenters. The maximum Gasteiger partial charge on any atom is 0.227 e. The smallest absolute Gasteiger partial charge is 0.227 e. The van der Waals surface area contributed by atoms with Gasteiger partial charge < -0.3 is 19.5 Å². The molecule has 0 radical (unpaired) electrons. The maximum absolute atomic E-state index is 13.4. The number of nitrogens with zero attached hydrogens (tertiary/aromatic N) is 1. The zero-order valence-corrected chi connectivity index (χ0v) is 17.8. The Morgan fingerprint density at radius 3 is 2.57 bits per heavy atom. The third-order valence-electron chi connectivity index (χ3n) is 6.84. The summed E-state index contributed by atoms with van der Waals surface area (Å²) < 4.78 is 10.9. The first kappa shape index (κ1) is 20.7. The number of likely N-dealkylation sites (tertiary alicyclic amines) is 1. The molecule has 5 heteroatoms. The molecule has 1 aliphatic carbocycles. The molecule has 5 nitrogen and oxygen atoms in total. The predicted octanol–water partition coefficient (Wildman–Crippen LogP) is 4.14. The molecule has 0 spiro atoms. The van der Waals surface area contributed by atoms with Crippen molar-refractivity contribution in [3.63, 3.8) is 0 Å². The van der Waals surface area contributed by atoms with Gasteiger partial charge in [-0.05, 0) is 42.5 Å². The highest BCUT2D eigenvalue weighted by molar-refractivity contribution is 5.79. The minimum Gasteiger partial charge on any atom is -0.493 e. The highest BCUT2D eigenvalue weighted by Gasteiger charge is 2.50. The van der Waals surface area contributed by atoms with Crippen molar-refractivity contribution < 1.29 is 19.4 Å². The Bertz CT molecular complexity index is 884. The first-order valence-electron chi connectivity index (χ1n) is 10.8. The van der Waals surface area contributed by atoms with Crippen LogP contribution in [-0.4, -0.2) is 42.3 Å². The van der Waals surface area contributed by atoms with Gasteiger partial charge in [-0.15, -0.1) is 0 Å². The van der Waals surface area contributed by atoms with Crippen LogP contribution in [0.3, 0.4) is 0 Å². The SMILES string of the molecule is COc1ccc([C@H]2[C@@H]3CCCC[C@@]3(O)CCN2C(=O)Cc2ccccc2)cc1OC. The fourth-order valence-corrected chi connectivity index (χ4v) is 5.28. The zero-order chi connectivity index (χ0) is 21.1. The summed E-state index contributed by atoms with van der Waals surface area (Å²) >= 11 is 0. The highest BCUT2D eigenvalue weighted by atomic mass is 16.5. The van der Waals surface area contributed by atoms with Gasteiger partial charge >= 0.3 is 0 Å². The number of amides is 1. The molecule has 30 heavy (non-hydrogen) atoms. The number of hydrogen-bond donors (Lipinski definition) is 1. The van der Waals surface area contributed by atoms with Gasteiger partial charge in [-0.3, -0.25) is 4.79 Å². The minimum absolute atomic E-state index is 0.0258. The molecule has 1 saturated heterocycles. The monoisotopic (exact) mass is 409 g/mol. The normalized spacial score (nSPS) is 26.0.